The van der Waals surface area contributed by atoms with Gasteiger partial charge in [-0.15, -0.1) is 0 Å². The molecule has 2 atom stereocenters. The summed E-state index contributed by atoms with van der Waals surface area (Å²) in [7, 11) is 1.54. The Hall–Kier alpha value is -0.640. The first-order chi connectivity index (χ1) is 7.36. The Labute approximate surface area is 100.0 Å². The van der Waals surface area contributed by atoms with E-state index in [1.54, 1.807) is 19.9 Å². The van der Waals surface area contributed by atoms with Crippen LogP contribution in [0, 0.1) is 5.82 Å². The van der Waals surface area contributed by atoms with Crippen LogP contribution in [0.3, 0.4) is 0 Å². The minimum absolute atomic E-state index is 0.0679. The van der Waals surface area contributed by atoms with Crippen LogP contribution in [0.15, 0.2) is 18.2 Å². The first kappa shape index (κ1) is 13.4. The molecule has 0 saturated carbocycles. The molecule has 0 aliphatic carbocycles. The van der Waals surface area contributed by atoms with Crippen LogP contribution in [0.1, 0.15) is 19.4 Å². The molecule has 1 aromatic rings. The van der Waals surface area contributed by atoms with E-state index in [1.807, 2.05) is 0 Å². The Bertz CT molecular complexity index is 366. The molecule has 0 bridgehead atoms. The summed E-state index contributed by atoms with van der Waals surface area (Å²) in [6, 6.07) is 4.43. The summed E-state index contributed by atoms with van der Waals surface area (Å²) < 4.78 is 18.0. The molecule has 0 fully saturated rings. The fourth-order valence-corrected chi connectivity index (χ4v) is 1.66. The van der Waals surface area contributed by atoms with Gasteiger partial charge >= 0.3 is 0 Å². The third-order valence-corrected chi connectivity index (χ3v) is 3.07. The van der Waals surface area contributed by atoms with Gasteiger partial charge < -0.3 is 9.84 Å². The molecule has 1 rings (SSSR count). The van der Waals surface area contributed by atoms with Crippen LogP contribution in [-0.4, -0.2) is 23.9 Å². The van der Waals surface area contributed by atoms with Gasteiger partial charge in [0.25, 0.3) is 0 Å². The highest BCUT2D eigenvalue weighted by Crippen LogP contribution is 2.22. The summed E-state index contributed by atoms with van der Waals surface area (Å²) in [6.07, 6.45) is 0.0541. The van der Waals surface area contributed by atoms with Crippen molar-refractivity contribution in [1.82, 2.24) is 0 Å². The minimum Gasteiger partial charge on any atom is -0.387 e. The van der Waals surface area contributed by atoms with E-state index in [0.29, 0.717) is 6.42 Å². The summed E-state index contributed by atoms with van der Waals surface area (Å²) >= 11 is 5.67. The SMILES string of the molecule is COC(C)C(C)(O)Cc1ccc(F)c(Cl)c1. The van der Waals surface area contributed by atoms with E-state index in [4.69, 9.17) is 16.3 Å². The van der Waals surface area contributed by atoms with Gasteiger partial charge in [0.05, 0.1) is 16.7 Å². The second-order valence-corrected chi connectivity index (χ2v) is 4.57. The maximum Gasteiger partial charge on any atom is 0.141 e. The fraction of sp³-hybridized carbons (Fsp3) is 0.500. The monoisotopic (exact) mass is 246 g/mol. The van der Waals surface area contributed by atoms with Crippen molar-refractivity contribution >= 4 is 11.6 Å². The zero-order valence-electron chi connectivity index (χ0n) is 9.63. The Balaban J connectivity index is 2.84. The topological polar surface area (TPSA) is 29.5 Å². The van der Waals surface area contributed by atoms with Gasteiger partial charge in [0.2, 0.25) is 0 Å². The van der Waals surface area contributed by atoms with Crippen LogP contribution in [0.5, 0.6) is 0 Å². The molecule has 90 valence electrons. The Morgan fingerprint density at radius 1 is 1.56 bits per heavy atom. The summed E-state index contributed by atoms with van der Waals surface area (Å²) in [5, 5.41) is 10.2. The average Bonchev–Trinajstić information content (AvgIpc) is 2.22. The van der Waals surface area contributed by atoms with Gasteiger partial charge in [0.1, 0.15) is 5.82 Å². The van der Waals surface area contributed by atoms with Crippen molar-refractivity contribution in [2.45, 2.75) is 32.0 Å². The summed E-state index contributed by atoms with van der Waals surface area (Å²) in [5.41, 5.74) is -0.226. The average molecular weight is 247 g/mol. The van der Waals surface area contributed by atoms with Gasteiger partial charge in [-0.3, -0.25) is 0 Å². The van der Waals surface area contributed by atoms with Crippen molar-refractivity contribution in [1.29, 1.82) is 0 Å². The molecular weight excluding hydrogens is 231 g/mol. The lowest BCUT2D eigenvalue weighted by molar-refractivity contribution is -0.0715. The molecule has 16 heavy (non-hydrogen) atoms. The zero-order valence-corrected chi connectivity index (χ0v) is 10.4. The van der Waals surface area contributed by atoms with Gasteiger partial charge in [-0.2, -0.15) is 0 Å². The van der Waals surface area contributed by atoms with E-state index in [1.165, 1.54) is 19.2 Å². The van der Waals surface area contributed by atoms with Crippen LogP contribution < -0.4 is 0 Å². The summed E-state index contributed by atoms with van der Waals surface area (Å²) in [4.78, 5) is 0. The molecule has 0 spiro atoms. The molecule has 0 aromatic heterocycles. The lowest BCUT2D eigenvalue weighted by Gasteiger charge is -2.29. The second kappa shape index (κ2) is 5.13. The molecular formula is C12H16ClFO2. The summed E-state index contributed by atoms with van der Waals surface area (Å²) in [6.45, 7) is 3.46. The maximum atomic E-state index is 12.9. The van der Waals surface area contributed by atoms with E-state index in [9.17, 15) is 9.50 Å². The first-order valence-corrected chi connectivity index (χ1v) is 5.43. The number of methoxy groups -OCH3 is 1. The summed E-state index contributed by atoms with van der Waals surface area (Å²) in [5.74, 6) is -0.454. The van der Waals surface area contributed by atoms with Gasteiger partial charge in [-0.25, -0.2) is 4.39 Å². The van der Waals surface area contributed by atoms with Crippen LogP contribution in [-0.2, 0) is 11.2 Å². The van der Waals surface area contributed by atoms with Gasteiger partial charge in [0.15, 0.2) is 0 Å². The molecule has 0 aliphatic heterocycles. The maximum absolute atomic E-state index is 12.9. The molecule has 1 N–H and O–H groups in total. The number of aliphatic hydroxyl groups is 1. The van der Waals surface area contributed by atoms with Gasteiger partial charge in [0, 0.05) is 13.5 Å². The largest absolute Gasteiger partial charge is 0.387 e. The van der Waals surface area contributed by atoms with E-state index in [2.05, 4.69) is 0 Å². The molecule has 0 amide bonds. The third kappa shape index (κ3) is 3.17. The number of rotatable bonds is 4. The minimum atomic E-state index is -1.00. The van der Waals surface area contributed by atoms with Gasteiger partial charge in [-0.05, 0) is 31.5 Å². The predicted octanol–water partition coefficient (Wildman–Crippen LogP) is 2.81. The van der Waals surface area contributed by atoms with E-state index >= 15 is 0 Å². The normalized spacial score (nSPS) is 16.9. The smallest absolute Gasteiger partial charge is 0.141 e. The molecule has 1 aromatic carbocycles. The van der Waals surface area contributed by atoms with Crippen LogP contribution in [0.4, 0.5) is 4.39 Å². The Morgan fingerprint density at radius 3 is 2.69 bits per heavy atom. The number of hydrogen-bond donors (Lipinski definition) is 1. The quantitative estimate of drug-likeness (QED) is 0.885. The van der Waals surface area contributed by atoms with Crippen molar-refractivity contribution in [3.8, 4) is 0 Å². The zero-order chi connectivity index (χ0) is 12.3. The second-order valence-electron chi connectivity index (χ2n) is 4.16. The standard InChI is InChI=1S/C12H16ClFO2/c1-8(16-3)12(2,15)7-9-4-5-11(14)10(13)6-9/h4-6,8,15H,7H2,1-3H3. The van der Waals surface area contributed by atoms with Crippen molar-refractivity contribution in [3.05, 3.63) is 34.6 Å². The molecule has 4 heteroatoms. The molecule has 2 nitrogen and oxygen atoms in total. The van der Waals surface area contributed by atoms with Crippen LogP contribution in [0.2, 0.25) is 5.02 Å². The predicted molar refractivity (Wildman–Crippen MR) is 62.2 cm³/mol. The lowest BCUT2D eigenvalue weighted by atomic mass is 9.92. The van der Waals surface area contributed by atoms with E-state index in [-0.39, 0.29) is 11.1 Å². The molecule has 0 heterocycles. The Kier molecular flexibility index (Phi) is 4.30. The number of ether oxygens (including phenoxy) is 1. The highest BCUT2D eigenvalue weighted by Gasteiger charge is 2.28. The van der Waals surface area contributed by atoms with Crippen molar-refractivity contribution in [2.75, 3.05) is 7.11 Å². The third-order valence-electron chi connectivity index (χ3n) is 2.78. The van der Waals surface area contributed by atoms with E-state index < -0.39 is 11.4 Å². The van der Waals surface area contributed by atoms with Gasteiger partial charge in [-0.1, -0.05) is 17.7 Å². The van der Waals surface area contributed by atoms with Crippen LogP contribution in [0.25, 0.3) is 0 Å². The molecule has 2 unspecified atom stereocenters. The van der Waals surface area contributed by atoms with E-state index in [0.717, 1.165) is 5.56 Å². The molecule has 0 saturated heterocycles. The highest BCUT2D eigenvalue weighted by atomic mass is 35.5. The number of benzene rings is 1. The molecule has 0 radical (unpaired) electrons. The van der Waals surface area contributed by atoms with Crippen LogP contribution >= 0.6 is 11.6 Å². The van der Waals surface area contributed by atoms with Crippen molar-refractivity contribution in [2.24, 2.45) is 0 Å². The molecule has 0 aliphatic rings. The lowest BCUT2D eigenvalue weighted by Crippen LogP contribution is -2.40. The Morgan fingerprint density at radius 2 is 2.19 bits per heavy atom. The number of halogens is 2. The van der Waals surface area contributed by atoms with Crippen molar-refractivity contribution < 1.29 is 14.2 Å². The van der Waals surface area contributed by atoms with Crippen molar-refractivity contribution in [3.63, 3.8) is 0 Å². The first-order valence-electron chi connectivity index (χ1n) is 5.06. The highest BCUT2D eigenvalue weighted by molar-refractivity contribution is 6.30. The number of hydrogen-bond acceptors (Lipinski definition) is 2. The fourth-order valence-electron chi connectivity index (χ4n) is 1.46.